The summed E-state index contributed by atoms with van der Waals surface area (Å²) in [5.74, 6) is 0.610. The molecule has 0 bridgehead atoms. The van der Waals surface area contributed by atoms with E-state index in [1.165, 1.54) is 0 Å². The van der Waals surface area contributed by atoms with Crippen LogP contribution in [-0.2, 0) is 0 Å². The fraction of sp³-hybridized carbons (Fsp3) is 0.222. The topological polar surface area (TPSA) is 43.6 Å². The molecule has 0 aliphatic rings. The SMILES string of the molecule is Cc1cnc(-n2ccc(C)n2)nc1. The van der Waals surface area contributed by atoms with Crippen molar-refractivity contribution in [1.82, 2.24) is 19.7 Å². The van der Waals surface area contributed by atoms with Gasteiger partial charge in [-0.1, -0.05) is 0 Å². The van der Waals surface area contributed by atoms with Crippen LogP contribution in [0.25, 0.3) is 5.95 Å². The Labute approximate surface area is 76.3 Å². The van der Waals surface area contributed by atoms with Gasteiger partial charge in [0.1, 0.15) is 0 Å². The van der Waals surface area contributed by atoms with E-state index in [0.717, 1.165) is 11.3 Å². The van der Waals surface area contributed by atoms with Crippen LogP contribution >= 0.6 is 0 Å². The average molecular weight is 174 g/mol. The highest BCUT2D eigenvalue weighted by Gasteiger charge is 1.99. The molecule has 0 saturated heterocycles. The molecule has 0 N–H and O–H groups in total. The standard InChI is InChI=1S/C9H10N4/c1-7-5-10-9(11-6-7)13-4-3-8(2)12-13/h3-6H,1-2H3. The third-order valence-corrected chi connectivity index (χ3v) is 1.69. The molecule has 2 aromatic rings. The molecule has 0 aliphatic heterocycles. The largest absolute Gasteiger partial charge is 0.250 e. The van der Waals surface area contributed by atoms with Gasteiger partial charge in [-0.3, -0.25) is 0 Å². The van der Waals surface area contributed by atoms with E-state index in [-0.39, 0.29) is 0 Å². The number of aryl methyl sites for hydroxylation is 2. The lowest BCUT2D eigenvalue weighted by atomic mass is 10.4. The van der Waals surface area contributed by atoms with Crippen LogP contribution in [0.3, 0.4) is 0 Å². The summed E-state index contributed by atoms with van der Waals surface area (Å²) < 4.78 is 1.66. The van der Waals surface area contributed by atoms with Gasteiger partial charge in [0.05, 0.1) is 5.69 Å². The Kier molecular flexibility index (Phi) is 1.81. The molecule has 0 spiro atoms. The van der Waals surface area contributed by atoms with E-state index >= 15 is 0 Å². The monoisotopic (exact) mass is 174 g/mol. The Morgan fingerprint density at radius 1 is 1.15 bits per heavy atom. The van der Waals surface area contributed by atoms with Crippen LogP contribution < -0.4 is 0 Å². The van der Waals surface area contributed by atoms with Gasteiger partial charge in [-0.05, 0) is 25.5 Å². The molecule has 13 heavy (non-hydrogen) atoms. The fourth-order valence-electron chi connectivity index (χ4n) is 1.03. The first-order valence-electron chi connectivity index (χ1n) is 4.07. The van der Waals surface area contributed by atoms with Crippen LogP contribution in [0.15, 0.2) is 24.7 Å². The molecule has 0 fully saturated rings. The number of nitrogens with zero attached hydrogens (tertiary/aromatic N) is 4. The van der Waals surface area contributed by atoms with Crippen molar-refractivity contribution in [3.8, 4) is 5.95 Å². The van der Waals surface area contributed by atoms with Gasteiger partial charge in [0.15, 0.2) is 0 Å². The van der Waals surface area contributed by atoms with Crippen molar-refractivity contribution in [2.45, 2.75) is 13.8 Å². The van der Waals surface area contributed by atoms with E-state index in [9.17, 15) is 0 Å². The molecule has 0 saturated carbocycles. The first kappa shape index (κ1) is 7.91. The average Bonchev–Trinajstić information content (AvgIpc) is 2.53. The van der Waals surface area contributed by atoms with Gasteiger partial charge in [-0.25, -0.2) is 14.6 Å². The van der Waals surface area contributed by atoms with Crippen LogP contribution in [0.2, 0.25) is 0 Å². The van der Waals surface area contributed by atoms with Gasteiger partial charge in [-0.15, -0.1) is 0 Å². The van der Waals surface area contributed by atoms with Crippen LogP contribution in [-0.4, -0.2) is 19.7 Å². The molecule has 0 amide bonds. The van der Waals surface area contributed by atoms with Crippen molar-refractivity contribution in [3.63, 3.8) is 0 Å². The van der Waals surface area contributed by atoms with Crippen molar-refractivity contribution < 1.29 is 0 Å². The lowest BCUT2D eigenvalue weighted by Gasteiger charge is -1.97. The van der Waals surface area contributed by atoms with Crippen LogP contribution in [0.5, 0.6) is 0 Å². The Bertz CT molecular complexity index is 402. The third kappa shape index (κ3) is 1.56. The van der Waals surface area contributed by atoms with Crippen molar-refractivity contribution in [2.24, 2.45) is 0 Å². The Morgan fingerprint density at radius 3 is 2.38 bits per heavy atom. The lowest BCUT2D eigenvalue weighted by molar-refractivity contribution is 0.794. The zero-order valence-electron chi connectivity index (χ0n) is 7.60. The van der Waals surface area contributed by atoms with E-state index in [4.69, 9.17) is 0 Å². The first-order chi connectivity index (χ1) is 6.25. The number of hydrogen-bond acceptors (Lipinski definition) is 3. The van der Waals surface area contributed by atoms with Crippen LogP contribution in [0.1, 0.15) is 11.3 Å². The molecule has 0 aromatic carbocycles. The second-order valence-electron chi connectivity index (χ2n) is 2.96. The predicted octanol–water partition coefficient (Wildman–Crippen LogP) is 1.28. The molecular formula is C9H10N4. The summed E-state index contributed by atoms with van der Waals surface area (Å²) in [6, 6.07) is 1.92. The van der Waals surface area contributed by atoms with E-state index in [0.29, 0.717) is 5.95 Å². The summed E-state index contributed by atoms with van der Waals surface area (Å²) >= 11 is 0. The molecule has 4 nitrogen and oxygen atoms in total. The molecule has 2 aromatic heterocycles. The van der Waals surface area contributed by atoms with Crippen molar-refractivity contribution in [3.05, 3.63) is 35.9 Å². The number of rotatable bonds is 1. The van der Waals surface area contributed by atoms with Gasteiger partial charge in [-0.2, -0.15) is 5.10 Å². The highest BCUT2D eigenvalue weighted by Crippen LogP contribution is 2.00. The van der Waals surface area contributed by atoms with Gasteiger partial charge < -0.3 is 0 Å². The predicted molar refractivity (Wildman–Crippen MR) is 48.6 cm³/mol. The van der Waals surface area contributed by atoms with E-state index in [1.807, 2.05) is 26.1 Å². The quantitative estimate of drug-likeness (QED) is 0.654. The maximum Gasteiger partial charge on any atom is 0.250 e. The highest BCUT2D eigenvalue weighted by atomic mass is 15.3. The molecule has 0 aliphatic carbocycles. The minimum absolute atomic E-state index is 0.610. The second-order valence-corrected chi connectivity index (χ2v) is 2.96. The normalized spacial score (nSPS) is 10.3. The zero-order valence-corrected chi connectivity index (χ0v) is 7.60. The fourth-order valence-corrected chi connectivity index (χ4v) is 1.03. The van der Waals surface area contributed by atoms with Gasteiger partial charge in [0, 0.05) is 18.6 Å². The van der Waals surface area contributed by atoms with Gasteiger partial charge >= 0.3 is 0 Å². The molecule has 0 unspecified atom stereocenters. The van der Waals surface area contributed by atoms with Crippen molar-refractivity contribution in [1.29, 1.82) is 0 Å². The molecule has 4 heteroatoms. The Balaban J connectivity index is 2.41. The highest BCUT2D eigenvalue weighted by molar-refractivity contribution is 5.13. The summed E-state index contributed by atoms with van der Waals surface area (Å²) in [7, 11) is 0. The number of aromatic nitrogens is 4. The molecule has 0 radical (unpaired) electrons. The first-order valence-corrected chi connectivity index (χ1v) is 4.07. The summed E-state index contributed by atoms with van der Waals surface area (Å²) in [6.07, 6.45) is 5.40. The summed E-state index contributed by atoms with van der Waals surface area (Å²) in [5, 5.41) is 4.20. The summed E-state index contributed by atoms with van der Waals surface area (Å²) in [5.41, 5.74) is 2.01. The van der Waals surface area contributed by atoms with Gasteiger partial charge in [0.25, 0.3) is 0 Å². The summed E-state index contributed by atoms with van der Waals surface area (Å²) in [4.78, 5) is 8.30. The second kappa shape index (κ2) is 2.97. The molecule has 2 rings (SSSR count). The molecule has 66 valence electrons. The maximum atomic E-state index is 4.20. The van der Waals surface area contributed by atoms with Crippen LogP contribution in [0, 0.1) is 13.8 Å². The molecule has 2 heterocycles. The number of hydrogen-bond donors (Lipinski definition) is 0. The van der Waals surface area contributed by atoms with Crippen molar-refractivity contribution in [2.75, 3.05) is 0 Å². The van der Waals surface area contributed by atoms with Crippen molar-refractivity contribution >= 4 is 0 Å². The summed E-state index contributed by atoms with van der Waals surface area (Å²) in [6.45, 7) is 3.89. The van der Waals surface area contributed by atoms with E-state index < -0.39 is 0 Å². The maximum absolute atomic E-state index is 4.20. The van der Waals surface area contributed by atoms with Crippen LogP contribution in [0.4, 0.5) is 0 Å². The third-order valence-electron chi connectivity index (χ3n) is 1.69. The molecule has 0 atom stereocenters. The minimum Gasteiger partial charge on any atom is -0.219 e. The van der Waals surface area contributed by atoms with Gasteiger partial charge in [0.2, 0.25) is 5.95 Å². The smallest absolute Gasteiger partial charge is 0.219 e. The zero-order chi connectivity index (χ0) is 9.26. The minimum atomic E-state index is 0.610. The van der Waals surface area contributed by atoms with E-state index in [1.54, 1.807) is 17.1 Å². The Morgan fingerprint density at radius 2 is 1.85 bits per heavy atom. The lowest BCUT2D eigenvalue weighted by Crippen LogP contribution is -2.01. The Hall–Kier alpha value is -1.71. The molecular weight excluding hydrogens is 164 g/mol. The van der Waals surface area contributed by atoms with E-state index in [2.05, 4.69) is 15.1 Å².